The average molecular weight is 208 g/mol. The van der Waals surface area contributed by atoms with E-state index < -0.39 is 0 Å². The fourth-order valence-corrected chi connectivity index (χ4v) is 2.39. The lowest BCUT2D eigenvalue weighted by atomic mass is 9.71. The molecule has 15 heavy (non-hydrogen) atoms. The Kier molecular flexibility index (Phi) is 3.95. The van der Waals surface area contributed by atoms with E-state index in [1.807, 2.05) is 0 Å². The molecule has 86 valence electrons. The van der Waals surface area contributed by atoms with Gasteiger partial charge in [0.2, 0.25) is 0 Å². The fourth-order valence-electron chi connectivity index (χ4n) is 2.39. The number of nitrogens with one attached hydrogen (secondary N) is 1. The third kappa shape index (κ3) is 3.69. The number of rotatable bonds is 3. The zero-order chi connectivity index (χ0) is 11.5. The molecule has 2 heteroatoms. The van der Waals surface area contributed by atoms with Crippen LogP contribution in [0.25, 0.3) is 0 Å². The molecular weight excluding hydrogens is 184 g/mol. The molecule has 1 fully saturated rings. The van der Waals surface area contributed by atoms with Gasteiger partial charge in [-0.05, 0) is 43.7 Å². The van der Waals surface area contributed by atoms with Gasteiger partial charge in [0.15, 0.2) is 0 Å². The highest BCUT2D eigenvalue weighted by Crippen LogP contribution is 2.37. The molecule has 2 nitrogen and oxygen atoms in total. The summed E-state index contributed by atoms with van der Waals surface area (Å²) in [4.78, 5) is 3.79. The Morgan fingerprint density at radius 3 is 2.13 bits per heavy atom. The van der Waals surface area contributed by atoms with Crippen LogP contribution in [0.4, 0.5) is 0 Å². The van der Waals surface area contributed by atoms with Crippen molar-refractivity contribution in [2.75, 3.05) is 0 Å². The van der Waals surface area contributed by atoms with E-state index in [2.05, 4.69) is 44.4 Å². The van der Waals surface area contributed by atoms with Gasteiger partial charge < -0.3 is 5.32 Å². The highest BCUT2D eigenvalue weighted by Gasteiger charge is 2.29. The van der Waals surface area contributed by atoms with Crippen LogP contribution in [0.2, 0.25) is 0 Å². The Morgan fingerprint density at radius 1 is 1.20 bits per heavy atom. The lowest BCUT2D eigenvalue weighted by molar-refractivity contribution is 0.163. The van der Waals surface area contributed by atoms with Gasteiger partial charge in [-0.1, -0.05) is 27.4 Å². The molecule has 0 amide bonds. The second kappa shape index (κ2) is 4.82. The summed E-state index contributed by atoms with van der Waals surface area (Å²) in [6.45, 7) is 14.3. The zero-order valence-corrected chi connectivity index (χ0v) is 10.3. The van der Waals surface area contributed by atoms with Crippen LogP contribution in [0.5, 0.6) is 0 Å². The third-order valence-electron chi connectivity index (χ3n) is 3.51. The van der Waals surface area contributed by atoms with Gasteiger partial charge in [0.25, 0.3) is 0 Å². The van der Waals surface area contributed by atoms with Gasteiger partial charge in [-0.15, -0.1) is 0 Å². The molecule has 0 aliphatic heterocycles. The Hall–Kier alpha value is -0.790. The third-order valence-corrected chi connectivity index (χ3v) is 3.51. The van der Waals surface area contributed by atoms with Crippen LogP contribution >= 0.6 is 0 Å². The highest BCUT2D eigenvalue weighted by molar-refractivity contribution is 5.27. The molecule has 0 unspecified atom stereocenters. The van der Waals surface area contributed by atoms with E-state index in [0.29, 0.717) is 17.3 Å². The molecule has 0 atom stereocenters. The van der Waals surface area contributed by atoms with Gasteiger partial charge in [0, 0.05) is 6.04 Å². The molecule has 1 aliphatic carbocycles. The van der Waals surface area contributed by atoms with Crippen molar-refractivity contribution in [2.24, 2.45) is 16.3 Å². The van der Waals surface area contributed by atoms with Gasteiger partial charge >= 0.3 is 0 Å². The lowest BCUT2D eigenvalue weighted by Gasteiger charge is -2.37. The van der Waals surface area contributed by atoms with Crippen molar-refractivity contribution >= 4 is 6.72 Å². The van der Waals surface area contributed by atoms with Crippen LogP contribution in [-0.4, -0.2) is 12.8 Å². The summed E-state index contributed by atoms with van der Waals surface area (Å²) < 4.78 is 0. The van der Waals surface area contributed by atoms with Crippen molar-refractivity contribution in [3.63, 3.8) is 0 Å². The van der Waals surface area contributed by atoms with Gasteiger partial charge in [-0.2, -0.15) is 0 Å². The summed E-state index contributed by atoms with van der Waals surface area (Å²) in [6, 6.07) is 0.557. The van der Waals surface area contributed by atoms with Gasteiger partial charge in [0.05, 0.1) is 0 Å². The maximum Gasteiger partial charge on any atom is 0.118 e. The minimum Gasteiger partial charge on any atom is -0.368 e. The number of hydrogen-bond donors (Lipinski definition) is 1. The topological polar surface area (TPSA) is 24.4 Å². The minimum absolute atomic E-state index is 0.457. The SMILES string of the molecule is C=NC(=C)NC1CCC(C(C)(C)C)CC1. The maximum atomic E-state index is 3.79. The summed E-state index contributed by atoms with van der Waals surface area (Å²) in [5, 5.41) is 3.32. The summed E-state index contributed by atoms with van der Waals surface area (Å²) in [7, 11) is 0. The van der Waals surface area contributed by atoms with Gasteiger partial charge in [-0.25, -0.2) is 4.99 Å². The first-order valence-corrected chi connectivity index (χ1v) is 5.85. The standard InChI is InChI=1S/C13H24N2/c1-10(14-5)15-12-8-6-11(7-9-12)13(2,3)4/h11-12,15H,1,5-9H2,2-4H3. The van der Waals surface area contributed by atoms with Crippen LogP contribution in [0, 0.1) is 11.3 Å². The molecule has 1 saturated carbocycles. The monoisotopic (exact) mass is 208 g/mol. The molecule has 0 aromatic rings. The maximum absolute atomic E-state index is 3.79. The Balaban J connectivity index is 2.36. The normalized spacial score (nSPS) is 27.1. The Bertz CT molecular complexity index is 229. The average Bonchev–Trinajstić information content (AvgIpc) is 2.17. The van der Waals surface area contributed by atoms with E-state index in [-0.39, 0.29) is 0 Å². The number of hydrogen-bond acceptors (Lipinski definition) is 2. The first kappa shape index (κ1) is 12.3. The molecule has 0 heterocycles. The molecule has 0 radical (unpaired) electrons. The summed E-state index contributed by atoms with van der Waals surface area (Å²) in [5.41, 5.74) is 0.457. The predicted octanol–water partition coefficient (Wildman–Crippen LogP) is 3.35. The lowest BCUT2D eigenvalue weighted by Crippen LogP contribution is -2.35. The van der Waals surface area contributed by atoms with Crippen molar-refractivity contribution < 1.29 is 0 Å². The van der Waals surface area contributed by atoms with Gasteiger partial charge in [0.1, 0.15) is 5.82 Å². The molecule has 1 aliphatic rings. The van der Waals surface area contributed by atoms with Crippen LogP contribution < -0.4 is 5.32 Å². The smallest absolute Gasteiger partial charge is 0.118 e. The number of nitrogens with zero attached hydrogens (tertiary/aromatic N) is 1. The molecule has 0 bridgehead atoms. The van der Waals surface area contributed by atoms with Crippen LogP contribution in [0.3, 0.4) is 0 Å². The fraction of sp³-hybridized carbons (Fsp3) is 0.769. The first-order chi connectivity index (χ1) is 6.93. The van der Waals surface area contributed by atoms with Crippen LogP contribution in [0.15, 0.2) is 17.4 Å². The van der Waals surface area contributed by atoms with Crippen molar-refractivity contribution in [3.05, 3.63) is 12.4 Å². The van der Waals surface area contributed by atoms with E-state index in [4.69, 9.17) is 0 Å². The van der Waals surface area contributed by atoms with E-state index in [1.54, 1.807) is 0 Å². The first-order valence-electron chi connectivity index (χ1n) is 5.85. The van der Waals surface area contributed by atoms with Crippen molar-refractivity contribution in [2.45, 2.75) is 52.5 Å². The van der Waals surface area contributed by atoms with Crippen LogP contribution in [-0.2, 0) is 0 Å². The summed E-state index contributed by atoms with van der Waals surface area (Å²) in [5.74, 6) is 1.58. The number of aliphatic imine (C=N–C) groups is 1. The molecule has 0 aromatic carbocycles. The van der Waals surface area contributed by atoms with E-state index in [1.165, 1.54) is 25.7 Å². The molecule has 1 rings (SSSR count). The summed E-state index contributed by atoms with van der Waals surface area (Å²) >= 11 is 0. The second-order valence-corrected chi connectivity index (χ2v) is 5.66. The highest BCUT2D eigenvalue weighted by atomic mass is 15.0. The largest absolute Gasteiger partial charge is 0.368 e. The van der Waals surface area contributed by atoms with E-state index in [9.17, 15) is 0 Å². The van der Waals surface area contributed by atoms with Crippen molar-refractivity contribution in [1.82, 2.24) is 5.32 Å². The van der Waals surface area contributed by atoms with Crippen molar-refractivity contribution in [1.29, 1.82) is 0 Å². The minimum atomic E-state index is 0.457. The molecular formula is C13H24N2. The summed E-state index contributed by atoms with van der Waals surface area (Å²) in [6.07, 6.45) is 5.09. The van der Waals surface area contributed by atoms with E-state index in [0.717, 1.165) is 5.92 Å². The molecule has 0 aromatic heterocycles. The molecule has 0 spiro atoms. The van der Waals surface area contributed by atoms with Crippen molar-refractivity contribution in [3.8, 4) is 0 Å². The zero-order valence-electron chi connectivity index (χ0n) is 10.3. The van der Waals surface area contributed by atoms with E-state index >= 15 is 0 Å². The molecule has 1 N–H and O–H groups in total. The van der Waals surface area contributed by atoms with Gasteiger partial charge in [-0.3, -0.25) is 0 Å². The van der Waals surface area contributed by atoms with Crippen LogP contribution in [0.1, 0.15) is 46.5 Å². The quantitative estimate of drug-likeness (QED) is 0.707. The second-order valence-electron chi connectivity index (χ2n) is 5.66. The molecule has 0 saturated heterocycles. The Labute approximate surface area is 93.9 Å². The Morgan fingerprint density at radius 2 is 1.73 bits per heavy atom. The predicted molar refractivity (Wildman–Crippen MR) is 67.0 cm³/mol.